The number of ether oxygens (including phenoxy) is 2. The largest absolute Gasteiger partial charge is 0.497 e. The van der Waals surface area contributed by atoms with Crippen molar-refractivity contribution in [3.05, 3.63) is 72.6 Å². The van der Waals surface area contributed by atoms with Crippen molar-refractivity contribution >= 4 is 16.7 Å². The number of fused-ring (bicyclic) bond motifs is 1. The number of methoxy groups -OCH3 is 2. The van der Waals surface area contributed by atoms with Crippen LogP contribution in [0.4, 0.5) is 0 Å². The second-order valence-electron chi connectivity index (χ2n) is 6.74. The van der Waals surface area contributed by atoms with Gasteiger partial charge in [-0.15, -0.1) is 0 Å². The van der Waals surface area contributed by atoms with Crippen molar-refractivity contribution in [2.45, 2.75) is 13.0 Å². The van der Waals surface area contributed by atoms with Gasteiger partial charge in [0, 0.05) is 23.2 Å². The summed E-state index contributed by atoms with van der Waals surface area (Å²) in [7, 11) is 3.21. The van der Waals surface area contributed by atoms with Crippen LogP contribution in [0.1, 0.15) is 18.5 Å². The molecular formula is C23H21N3O3. The first-order chi connectivity index (χ1) is 14.1. The van der Waals surface area contributed by atoms with Gasteiger partial charge in [0.25, 0.3) is 0 Å². The molecule has 2 aromatic carbocycles. The molecule has 0 fully saturated rings. The van der Waals surface area contributed by atoms with Crippen molar-refractivity contribution in [1.29, 1.82) is 0 Å². The molecule has 0 spiro atoms. The summed E-state index contributed by atoms with van der Waals surface area (Å²) in [5.74, 6) is 1.34. The molecule has 6 nitrogen and oxygen atoms in total. The first kappa shape index (κ1) is 18.7. The fraction of sp³-hybridized carbons (Fsp3) is 0.174. The molecule has 6 heteroatoms. The van der Waals surface area contributed by atoms with Crippen LogP contribution in [0.25, 0.3) is 22.0 Å². The van der Waals surface area contributed by atoms with Crippen LogP contribution in [0.2, 0.25) is 0 Å². The molecule has 0 saturated heterocycles. The molecule has 4 aromatic rings. The van der Waals surface area contributed by atoms with Gasteiger partial charge in [0.05, 0.1) is 25.9 Å². The first-order valence-electron chi connectivity index (χ1n) is 9.23. The van der Waals surface area contributed by atoms with Gasteiger partial charge in [-0.1, -0.05) is 18.2 Å². The highest BCUT2D eigenvalue weighted by molar-refractivity contribution is 5.89. The minimum absolute atomic E-state index is 0.0172. The Hall–Kier alpha value is -3.67. The Morgan fingerprint density at radius 1 is 0.931 bits per heavy atom. The number of benzene rings is 2. The molecule has 4 rings (SSSR count). The Morgan fingerprint density at radius 3 is 2.31 bits per heavy atom. The van der Waals surface area contributed by atoms with Crippen LogP contribution in [0.3, 0.4) is 0 Å². The van der Waals surface area contributed by atoms with Gasteiger partial charge in [0.2, 0.25) is 5.88 Å². The standard InChI is InChI=1S/C23H21N3O3/c1-15(27)23(16-4-8-20(28-2)9-5-16)26-21-10-6-17(12-19(21)14-25-26)18-7-11-22(29-3)24-13-18/h4-14,23H,1-3H3. The molecule has 2 heterocycles. The monoisotopic (exact) mass is 387 g/mol. The summed E-state index contributed by atoms with van der Waals surface area (Å²) >= 11 is 0. The van der Waals surface area contributed by atoms with Gasteiger partial charge in [-0.05, 0) is 48.4 Å². The van der Waals surface area contributed by atoms with E-state index >= 15 is 0 Å². The van der Waals surface area contributed by atoms with Crippen molar-refractivity contribution < 1.29 is 14.3 Å². The smallest absolute Gasteiger partial charge is 0.212 e. The van der Waals surface area contributed by atoms with Crippen molar-refractivity contribution in [1.82, 2.24) is 14.8 Å². The van der Waals surface area contributed by atoms with Crippen LogP contribution in [0, 0.1) is 0 Å². The van der Waals surface area contributed by atoms with Crippen LogP contribution >= 0.6 is 0 Å². The number of ketones is 1. The third-order valence-electron chi connectivity index (χ3n) is 4.94. The van der Waals surface area contributed by atoms with E-state index in [1.54, 1.807) is 38.2 Å². The number of aromatic nitrogens is 3. The molecule has 29 heavy (non-hydrogen) atoms. The van der Waals surface area contributed by atoms with E-state index in [2.05, 4.69) is 10.1 Å². The topological polar surface area (TPSA) is 66.2 Å². The maximum atomic E-state index is 12.5. The second-order valence-corrected chi connectivity index (χ2v) is 6.74. The number of hydrogen-bond acceptors (Lipinski definition) is 5. The van der Waals surface area contributed by atoms with Crippen molar-refractivity contribution in [3.8, 4) is 22.8 Å². The molecule has 2 aromatic heterocycles. The number of Topliss-reactive ketones (excluding diaryl/α,β-unsaturated/α-hetero) is 1. The number of carbonyl (C=O) groups excluding carboxylic acids is 1. The van der Waals surface area contributed by atoms with E-state index in [1.165, 1.54) is 0 Å². The van der Waals surface area contributed by atoms with Gasteiger partial charge in [-0.3, -0.25) is 4.79 Å². The number of nitrogens with zero attached hydrogens (tertiary/aromatic N) is 3. The maximum Gasteiger partial charge on any atom is 0.212 e. The van der Waals surface area contributed by atoms with E-state index in [-0.39, 0.29) is 5.78 Å². The van der Waals surface area contributed by atoms with Crippen molar-refractivity contribution in [2.75, 3.05) is 14.2 Å². The van der Waals surface area contributed by atoms with Gasteiger partial charge < -0.3 is 9.47 Å². The van der Waals surface area contributed by atoms with Crippen LogP contribution < -0.4 is 9.47 Å². The van der Waals surface area contributed by atoms with Crippen molar-refractivity contribution in [3.63, 3.8) is 0 Å². The Balaban J connectivity index is 1.73. The minimum atomic E-state index is -0.494. The summed E-state index contributed by atoms with van der Waals surface area (Å²) in [5.41, 5.74) is 3.77. The summed E-state index contributed by atoms with van der Waals surface area (Å²) in [5, 5.41) is 5.48. The molecule has 0 amide bonds. The predicted molar refractivity (Wildman–Crippen MR) is 111 cm³/mol. The molecule has 1 atom stereocenters. The van der Waals surface area contributed by atoms with Crippen LogP contribution in [-0.2, 0) is 4.79 Å². The molecule has 0 aliphatic heterocycles. The molecule has 0 saturated carbocycles. The van der Waals surface area contributed by atoms with E-state index in [4.69, 9.17) is 9.47 Å². The van der Waals surface area contributed by atoms with Crippen molar-refractivity contribution in [2.24, 2.45) is 0 Å². The third-order valence-corrected chi connectivity index (χ3v) is 4.94. The second kappa shape index (κ2) is 7.75. The van der Waals surface area contributed by atoms with Crippen LogP contribution in [0.5, 0.6) is 11.6 Å². The summed E-state index contributed by atoms with van der Waals surface area (Å²) in [6.07, 6.45) is 3.56. The summed E-state index contributed by atoms with van der Waals surface area (Å²) in [6.45, 7) is 1.58. The fourth-order valence-electron chi connectivity index (χ4n) is 3.44. The highest BCUT2D eigenvalue weighted by Crippen LogP contribution is 2.29. The lowest BCUT2D eigenvalue weighted by atomic mass is 10.0. The lowest BCUT2D eigenvalue weighted by Crippen LogP contribution is -2.19. The Kier molecular flexibility index (Phi) is 4.99. The van der Waals surface area contributed by atoms with Crippen LogP contribution in [0.15, 0.2) is 67.0 Å². The molecule has 0 aliphatic carbocycles. The molecule has 0 radical (unpaired) electrons. The number of rotatable bonds is 6. The SMILES string of the molecule is COc1ccc(C(C(C)=O)n2ncc3cc(-c4ccc(OC)nc4)ccc32)cc1. The van der Waals surface area contributed by atoms with E-state index in [0.717, 1.165) is 33.3 Å². The van der Waals surface area contributed by atoms with Gasteiger partial charge in [0.1, 0.15) is 11.8 Å². The number of hydrogen-bond donors (Lipinski definition) is 0. The molecule has 146 valence electrons. The molecule has 0 bridgehead atoms. The van der Waals surface area contributed by atoms with Crippen LogP contribution in [-0.4, -0.2) is 34.8 Å². The van der Waals surface area contributed by atoms with Gasteiger partial charge in [-0.25, -0.2) is 9.67 Å². The maximum absolute atomic E-state index is 12.5. The third kappa shape index (κ3) is 3.57. The highest BCUT2D eigenvalue weighted by atomic mass is 16.5. The molecular weight excluding hydrogens is 366 g/mol. The Labute approximate surface area is 168 Å². The van der Waals surface area contributed by atoms with Gasteiger partial charge >= 0.3 is 0 Å². The fourth-order valence-corrected chi connectivity index (χ4v) is 3.44. The van der Waals surface area contributed by atoms with E-state index < -0.39 is 6.04 Å². The number of pyridine rings is 1. The van der Waals surface area contributed by atoms with Gasteiger partial charge in [0.15, 0.2) is 5.78 Å². The highest BCUT2D eigenvalue weighted by Gasteiger charge is 2.22. The minimum Gasteiger partial charge on any atom is -0.497 e. The lowest BCUT2D eigenvalue weighted by Gasteiger charge is -2.17. The van der Waals surface area contributed by atoms with E-state index in [9.17, 15) is 4.79 Å². The number of carbonyl (C=O) groups is 1. The predicted octanol–water partition coefficient (Wildman–Crippen LogP) is 4.29. The zero-order valence-electron chi connectivity index (χ0n) is 16.5. The average Bonchev–Trinajstić information content (AvgIpc) is 3.17. The first-order valence-corrected chi connectivity index (χ1v) is 9.23. The zero-order chi connectivity index (χ0) is 20.4. The lowest BCUT2D eigenvalue weighted by molar-refractivity contribution is -0.119. The Morgan fingerprint density at radius 2 is 1.69 bits per heavy atom. The molecule has 0 N–H and O–H groups in total. The van der Waals surface area contributed by atoms with E-state index in [0.29, 0.717) is 5.88 Å². The van der Waals surface area contributed by atoms with Gasteiger partial charge in [-0.2, -0.15) is 5.10 Å². The van der Waals surface area contributed by atoms with E-state index in [1.807, 2.05) is 54.6 Å². The normalized spacial score (nSPS) is 12.0. The quantitative estimate of drug-likeness (QED) is 0.494. The molecule has 0 aliphatic rings. The summed E-state index contributed by atoms with van der Waals surface area (Å²) in [4.78, 5) is 16.7. The average molecular weight is 387 g/mol. The summed E-state index contributed by atoms with van der Waals surface area (Å²) < 4.78 is 12.1. The molecule has 1 unspecified atom stereocenters. The summed E-state index contributed by atoms with van der Waals surface area (Å²) in [6, 6.07) is 16.9. The zero-order valence-corrected chi connectivity index (χ0v) is 16.5. The Bertz CT molecular complexity index is 1150.